The molecule has 1 saturated carbocycles. The van der Waals surface area contributed by atoms with Crippen molar-refractivity contribution < 1.29 is 19.1 Å². The minimum absolute atomic E-state index is 0.00334. The van der Waals surface area contributed by atoms with Gasteiger partial charge in [0.05, 0.1) is 12.7 Å². The number of hydrogen-bond acceptors (Lipinski definition) is 4. The number of H-pyrrole nitrogens is 1. The van der Waals surface area contributed by atoms with E-state index in [9.17, 15) is 9.59 Å². The van der Waals surface area contributed by atoms with Crippen LogP contribution in [0.4, 0.5) is 0 Å². The van der Waals surface area contributed by atoms with Gasteiger partial charge in [0.15, 0.2) is 0 Å². The van der Waals surface area contributed by atoms with Crippen LogP contribution >= 0.6 is 0 Å². The molecule has 1 aromatic carbocycles. The summed E-state index contributed by atoms with van der Waals surface area (Å²) in [6.07, 6.45) is 3.40. The van der Waals surface area contributed by atoms with E-state index in [0.717, 1.165) is 36.6 Å². The van der Waals surface area contributed by atoms with Crippen molar-refractivity contribution in [2.24, 2.45) is 0 Å². The van der Waals surface area contributed by atoms with Crippen molar-refractivity contribution in [3.05, 3.63) is 35.0 Å². The molecule has 1 heterocycles. The smallest absolute Gasteiger partial charge is 0.332 e. The molecule has 0 atom stereocenters. The third-order valence-electron chi connectivity index (χ3n) is 5.34. The maximum Gasteiger partial charge on any atom is 0.332 e. The average Bonchev–Trinajstić information content (AvgIpc) is 3.10. The van der Waals surface area contributed by atoms with Gasteiger partial charge < -0.3 is 19.8 Å². The van der Waals surface area contributed by atoms with E-state index in [1.165, 1.54) is 11.1 Å². The van der Waals surface area contributed by atoms with Crippen LogP contribution < -0.4 is 5.32 Å². The lowest BCUT2D eigenvalue weighted by molar-refractivity contribution is -0.151. The third kappa shape index (κ3) is 4.69. The third-order valence-corrected chi connectivity index (χ3v) is 5.34. The Morgan fingerprint density at radius 2 is 1.93 bits per heavy atom. The highest BCUT2D eigenvalue weighted by Gasteiger charge is 2.24. The summed E-state index contributed by atoms with van der Waals surface area (Å²) in [5.41, 5.74) is 4.00. The van der Waals surface area contributed by atoms with Crippen molar-refractivity contribution in [3.8, 4) is 0 Å². The summed E-state index contributed by atoms with van der Waals surface area (Å²) >= 11 is 0. The number of nitrogens with one attached hydrogen (secondary N) is 2. The fraction of sp³-hybridized carbons (Fsp3) is 0.524. The van der Waals surface area contributed by atoms with E-state index >= 15 is 0 Å². The molecule has 1 amide bonds. The van der Waals surface area contributed by atoms with Crippen molar-refractivity contribution >= 4 is 22.8 Å². The summed E-state index contributed by atoms with van der Waals surface area (Å²) in [6.45, 7) is 6.30. The molecule has 3 rings (SSSR count). The van der Waals surface area contributed by atoms with Gasteiger partial charge in [-0.05, 0) is 69.7 Å². The second-order valence-electron chi connectivity index (χ2n) is 7.21. The van der Waals surface area contributed by atoms with Gasteiger partial charge in [-0.25, -0.2) is 4.79 Å². The molecule has 0 unspecified atom stereocenters. The van der Waals surface area contributed by atoms with Crippen LogP contribution in [0, 0.1) is 13.8 Å². The van der Waals surface area contributed by atoms with Crippen LogP contribution in [0.2, 0.25) is 0 Å². The maximum atomic E-state index is 12.6. The van der Waals surface area contributed by atoms with E-state index in [-0.39, 0.29) is 30.6 Å². The molecule has 2 aromatic rings. The van der Waals surface area contributed by atoms with Crippen LogP contribution in [-0.4, -0.2) is 42.2 Å². The van der Waals surface area contributed by atoms with E-state index in [2.05, 4.69) is 30.2 Å². The molecule has 6 heteroatoms. The molecule has 0 saturated heterocycles. The summed E-state index contributed by atoms with van der Waals surface area (Å²) in [7, 11) is 0. The molecule has 1 aliphatic rings. The Morgan fingerprint density at radius 1 is 1.19 bits per heavy atom. The van der Waals surface area contributed by atoms with Gasteiger partial charge in [-0.3, -0.25) is 4.79 Å². The molecule has 0 aliphatic heterocycles. The summed E-state index contributed by atoms with van der Waals surface area (Å²) in [6, 6.07) is 6.14. The lowest BCUT2D eigenvalue weighted by atomic mass is 9.93. The quantitative estimate of drug-likeness (QED) is 0.762. The fourth-order valence-corrected chi connectivity index (χ4v) is 3.61. The summed E-state index contributed by atoms with van der Waals surface area (Å²) < 4.78 is 10.5. The second kappa shape index (κ2) is 8.57. The van der Waals surface area contributed by atoms with E-state index in [0.29, 0.717) is 12.3 Å². The Labute approximate surface area is 159 Å². The monoisotopic (exact) mass is 372 g/mol. The SMILES string of the molecule is CCOC(=O)COC1CCC(NC(=O)c2cc3c(C)c(C)ccc3[nH]2)CC1. The van der Waals surface area contributed by atoms with Crippen LogP contribution in [0.15, 0.2) is 18.2 Å². The van der Waals surface area contributed by atoms with Crippen LogP contribution in [0.5, 0.6) is 0 Å². The predicted octanol–water partition coefficient (Wildman–Crippen LogP) is 3.41. The number of carbonyl (C=O) groups is 2. The van der Waals surface area contributed by atoms with Crippen LogP contribution in [0.1, 0.15) is 54.2 Å². The highest BCUT2D eigenvalue weighted by molar-refractivity contribution is 5.99. The van der Waals surface area contributed by atoms with Gasteiger partial charge in [0, 0.05) is 16.9 Å². The molecule has 146 valence electrons. The molecule has 27 heavy (non-hydrogen) atoms. The lowest BCUT2D eigenvalue weighted by Crippen LogP contribution is -2.39. The number of hydrogen-bond donors (Lipinski definition) is 2. The minimum Gasteiger partial charge on any atom is -0.464 e. The van der Waals surface area contributed by atoms with Gasteiger partial charge >= 0.3 is 5.97 Å². The second-order valence-corrected chi connectivity index (χ2v) is 7.21. The average molecular weight is 372 g/mol. The highest BCUT2D eigenvalue weighted by Crippen LogP contribution is 2.24. The Balaban J connectivity index is 1.51. The number of rotatable bonds is 6. The minimum atomic E-state index is -0.322. The zero-order chi connectivity index (χ0) is 19.4. The van der Waals surface area contributed by atoms with Crippen LogP contribution in [0.25, 0.3) is 10.9 Å². The molecule has 6 nitrogen and oxygen atoms in total. The van der Waals surface area contributed by atoms with Crippen molar-refractivity contribution in [2.45, 2.75) is 58.6 Å². The Bertz CT molecular complexity index is 819. The first-order valence-electron chi connectivity index (χ1n) is 9.65. The molecular formula is C21H28N2O4. The van der Waals surface area contributed by atoms with E-state index < -0.39 is 0 Å². The normalized spacial score (nSPS) is 19.8. The first-order chi connectivity index (χ1) is 13.0. The Kier molecular flexibility index (Phi) is 6.16. The Morgan fingerprint density at radius 3 is 2.63 bits per heavy atom. The predicted molar refractivity (Wildman–Crippen MR) is 104 cm³/mol. The number of aromatic nitrogens is 1. The molecular weight excluding hydrogens is 344 g/mol. The molecule has 1 fully saturated rings. The van der Waals surface area contributed by atoms with E-state index in [1.54, 1.807) is 6.92 Å². The van der Waals surface area contributed by atoms with Crippen molar-refractivity contribution in [3.63, 3.8) is 0 Å². The molecule has 0 radical (unpaired) electrons. The van der Waals surface area contributed by atoms with Gasteiger partial charge in [0.2, 0.25) is 0 Å². The number of ether oxygens (including phenoxy) is 2. The van der Waals surface area contributed by atoms with Gasteiger partial charge in [-0.1, -0.05) is 6.07 Å². The molecule has 0 bridgehead atoms. The molecule has 2 N–H and O–H groups in total. The summed E-state index contributed by atoms with van der Waals surface area (Å²) in [4.78, 5) is 27.2. The zero-order valence-corrected chi connectivity index (χ0v) is 16.3. The lowest BCUT2D eigenvalue weighted by Gasteiger charge is -2.28. The van der Waals surface area contributed by atoms with Gasteiger partial charge in [-0.15, -0.1) is 0 Å². The molecule has 0 spiro atoms. The van der Waals surface area contributed by atoms with Gasteiger partial charge in [0.1, 0.15) is 12.3 Å². The summed E-state index contributed by atoms with van der Waals surface area (Å²) in [5.74, 6) is -0.392. The van der Waals surface area contributed by atoms with Crippen molar-refractivity contribution in [1.29, 1.82) is 0 Å². The number of aryl methyl sites for hydroxylation is 2. The zero-order valence-electron chi connectivity index (χ0n) is 16.3. The topological polar surface area (TPSA) is 80.4 Å². The van der Waals surface area contributed by atoms with Gasteiger partial charge in [-0.2, -0.15) is 0 Å². The largest absolute Gasteiger partial charge is 0.464 e. The first-order valence-corrected chi connectivity index (χ1v) is 9.65. The van der Waals surface area contributed by atoms with Crippen LogP contribution in [-0.2, 0) is 14.3 Å². The Hall–Kier alpha value is -2.34. The number of carbonyl (C=O) groups excluding carboxylic acids is 2. The number of fused-ring (bicyclic) bond motifs is 1. The molecule has 1 aromatic heterocycles. The standard InChI is InChI=1S/C21H28N2O4/c1-4-26-20(24)12-27-16-8-6-15(7-9-16)22-21(25)19-11-17-14(3)13(2)5-10-18(17)23-19/h5,10-11,15-16,23H,4,6-9,12H2,1-3H3,(H,22,25). The number of esters is 1. The van der Waals surface area contributed by atoms with Crippen molar-refractivity contribution in [2.75, 3.05) is 13.2 Å². The van der Waals surface area contributed by atoms with Crippen molar-refractivity contribution in [1.82, 2.24) is 10.3 Å². The number of aromatic amines is 1. The van der Waals surface area contributed by atoms with E-state index in [1.807, 2.05) is 12.1 Å². The first kappa shape index (κ1) is 19.4. The van der Waals surface area contributed by atoms with Gasteiger partial charge in [0.25, 0.3) is 5.91 Å². The number of benzene rings is 1. The highest BCUT2D eigenvalue weighted by atomic mass is 16.6. The van der Waals surface area contributed by atoms with Crippen LogP contribution in [0.3, 0.4) is 0 Å². The maximum absolute atomic E-state index is 12.6. The van der Waals surface area contributed by atoms with E-state index in [4.69, 9.17) is 9.47 Å². The molecule has 1 aliphatic carbocycles. The number of amides is 1. The summed E-state index contributed by atoms with van der Waals surface area (Å²) in [5, 5.41) is 4.21. The fourth-order valence-electron chi connectivity index (χ4n) is 3.61.